The number of aromatic nitrogens is 1. The highest BCUT2D eigenvalue weighted by Crippen LogP contribution is 2.26. The van der Waals surface area contributed by atoms with Gasteiger partial charge < -0.3 is 15.0 Å². The molecule has 0 saturated carbocycles. The van der Waals surface area contributed by atoms with E-state index in [2.05, 4.69) is 10.3 Å². The average Bonchev–Trinajstić information content (AvgIpc) is 2.92. The lowest BCUT2D eigenvalue weighted by Crippen LogP contribution is -2.12. The SMILES string of the molecule is CCOc1ccccc1NC(=O)c1c[nH]c2cc(Cl)ccc12. The van der Waals surface area contributed by atoms with Gasteiger partial charge in [-0.3, -0.25) is 4.79 Å². The summed E-state index contributed by atoms with van der Waals surface area (Å²) in [6, 6.07) is 12.8. The lowest BCUT2D eigenvalue weighted by atomic mass is 10.1. The third kappa shape index (κ3) is 2.78. The van der Waals surface area contributed by atoms with E-state index >= 15 is 0 Å². The maximum absolute atomic E-state index is 12.5. The van der Waals surface area contributed by atoms with Gasteiger partial charge in [-0.25, -0.2) is 0 Å². The number of ether oxygens (including phenoxy) is 1. The monoisotopic (exact) mass is 314 g/mol. The van der Waals surface area contributed by atoms with Gasteiger partial charge in [0.15, 0.2) is 0 Å². The van der Waals surface area contributed by atoms with Crippen molar-refractivity contribution < 1.29 is 9.53 Å². The van der Waals surface area contributed by atoms with Crippen molar-refractivity contribution in [3.8, 4) is 5.75 Å². The first kappa shape index (κ1) is 14.5. The molecule has 5 heteroatoms. The van der Waals surface area contributed by atoms with Crippen LogP contribution in [0.2, 0.25) is 5.02 Å². The van der Waals surface area contributed by atoms with Crippen LogP contribution >= 0.6 is 11.6 Å². The molecule has 3 rings (SSSR count). The molecule has 1 amide bonds. The molecule has 0 spiro atoms. The molecule has 0 aliphatic carbocycles. The highest BCUT2D eigenvalue weighted by molar-refractivity contribution is 6.31. The Kier molecular flexibility index (Phi) is 4.02. The van der Waals surface area contributed by atoms with E-state index < -0.39 is 0 Å². The minimum absolute atomic E-state index is 0.194. The zero-order valence-electron chi connectivity index (χ0n) is 12.0. The predicted molar refractivity (Wildman–Crippen MR) is 88.9 cm³/mol. The molecule has 2 aromatic carbocycles. The summed E-state index contributed by atoms with van der Waals surface area (Å²) in [7, 11) is 0. The lowest BCUT2D eigenvalue weighted by molar-refractivity contribution is 0.102. The van der Waals surface area contributed by atoms with Crippen molar-refractivity contribution in [1.29, 1.82) is 0 Å². The van der Waals surface area contributed by atoms with Crippen LogP contribution in [0.3, 0.4) is 0 Å². The molecule has 2 N–H and O–H groups in total. The molecule has 0 unspecified atom stereocenters. The van der Waals surface area contributed by atoms with Crippen molar-refractivity contribution >= 4 is 34.1 Å². The Morgan fingerprint density at radius 2 is 2.09 bits per heavy atom. The van der Waals surface area contributed by atoms with Crippen LogP contribution in [0.25, 0.3) is 10.9 Å². The van der Waals surface area contributed by atoms with Gasteiger partial charge in [-0.05, 0) is 31.2 Å². The van der Waals surface area contributed by atoms with Gasteiger partial charge in [-0.15, -0.1) is 0 Å². The molecule has 22 heavy (non-hydrogen) atoms. The van der Waals surface area contributed by atoms with Crippen molar-refractivity contribution in [2.45, 2.75) is 6.92 Å². The maximum atomic E-state index is 12.5. The van der Waals surface area contributed by atoms with Crippen LogP contribution < -0.4 is 10.1 Å². The fourth-order valence-corrected chi connectivity index (χ4v) is 2.50. The van der Waals surface area contributed by atoms with Crippen LogP contribution in [0.15, 0.2) is 48.7 Å². The number of aromatic amines is 1. The van der Waals surface area contributed by atoms with Crippen molar-refractivity contribution in [2.75, 3.05) is 11.9 Å². The fourth-order valence-electron chi connectivity index (χ4n) is 2.33. The van der Waals surface area contributed by atoms with E-state index in [9.17, 15) is 4.79 Å². The first-order valence-electron chi connectivity index (χ1n) is 6.99. The first-order valence-corrected chi connectivity index (χ1v) is 7.36. The second-order valence-electron chi connectivity index (χ2n) is 4.78. The first-order chi connectivity index (χ1) is 10.7. The summed E-state index contributed by atoms with van der Waals surface area (Å²) in [6.45, 7) is 2.44. The fraction of sp³-hybridized carbons (Fsp3) is 0.118. The van der Waals surface area contributed by atoms with Crippen molar-refractivity contribution in [2.24, 2.45) is 0 Å². The molecule has 1 heterocycles. The molecular weight excluding hydrogens is 300 g/mol. The predicted octanol–water partition coefficient (Wildman–Crippen LogP) is 4.47. The molecular formula is C17H15ClN2O2. The van der Waals surface area contributed by atoms with Gasteiger partial charge in [0.2, 0.25) is 0 Å². The molecule has 0 bridgehead atoms. The van der Waals surface area contributed by atoms with Crippen molar-refractivity contribution in [1.82, 2.24) is 4.98 Å². The van der Waals surface area contributed by atoms with Crippen molar-refractivity contribution in [3.63, 3.8) is 0 Å². The Morgan fingerprint density at radius 1 is 1.27 bits per heavy atom. The zero-order valence-corrected chi connectivity index (χ0v) is 12.8. The highest BCUT2D eigenvalue weighted by Gasteiger charge is 2.14. The van der Waals surface area contributed by atoms with Crippen LogP contribution in [0, 0.1) is 0 Å². The number of H-pyrrole nitrogens is 1. The molecule has 0 fully saturated rings. The minimum atomic E-state index is -0.194. The summed E-state index contributed by atoms with van der Waals surface area (Å²) in [5, 5.41) is 4.34. The van der Waals surface area contributed by atoms with E-state index in [4.69, 9.17) is 16.3 Å². The topological polar surface area (TPSA) is 54.1 Å². The molecule has 0 saturated heterocycles. The number of amides is 1. The Bertz CT molecular complexity index is 826. The van der Waals surface area contributed by atoms with Gasteiger partial charge in [0, 0.05) is 22.1 Å². The van der Waals surface area contributed by atoms with Crippen molar-refractivity contribution in [3.05, 3.63) is 59.2 Å². The van der Waals surface area contributed by atoms with Gasteiger partial charge in [0.1, 0.15) is 5.75 Å². The number of nitrogens with one attached hydrogen (secondary N) is 2. The van der Waals surface area contributed by atoms with Gasteiger partial charge in [-0.1, -0.05) is 29.8 Å². The van der Waals surface area contributed by atoms with Crippen LogP contribution in [0.1, 0.15) is 17.3 Å². The Hall–Kier alpha value is -2.46. The number of para-hydroxylation sites is 2. The Morgan fingerprint density at radius 3 is 2.91 bits per heavy atom. The second kappa shape index (κ2) is 6.12. The van der Waals surface area contributed by atoms with Crippen LogP contribution in [0.4, 0.5) is 5.69 Å². The van der Waals surface area contributed by atoms with E-state index in [0.29, 0.717) is 28.6 Å². The lowest BCUT2D eigenvalue weighted by Gasteiger charge is -2.10. The van der Waals surface area contributed by atoms with E-state index in [1.165, 1.54) is 0 Å². The Labute approximate surface area is 133 Å². The summed E-state index contributed by atoms with van der Waals surface area (Å²) in [5.74, 6) is 0.460. The molecule has 1 aromatic heterocycles. The summed E-state index contributed by atoms with van der Waals surface area (Å²) in [4.78, 5) is 15.6. The summed E-state index contributed by atoms with van der Waals surface area (Å²) in [6.07, 6.45) is 1.68. The van der Waals surface area contributed by atoms with Crippen LogP contribution in [-0.4, -0.2) is 17.5 Å². The molecule has 112 valence electrons. The standard InChI is InChI=1S/C17H15ClN2O2/c1-2-22-16-6-4-3-5-14(16)20-17(21)13-10-19-15-9-11(18)7-8-12(13)15/h3-10,19H,2H2,1H3,(H,20,21). The van der Waals surface area contributed by atoms with E-state index in [-0.39, 0.29) is 5.91 Å². The number of carbonyl (C=O) groups is 1. The number of hydrogen-bond acceptors (Lipinski definition) is 2. The average molecular weight is 315 g/mol. The van der Waals surface area contributed by atoms with Gasteiger partial charge in [0.05, 0.1) is 17.9 Å². The number of fused-ring (bicyclic) bond motifs is 1. The summed E-state index contributed by atoms with van der Waals surface area (Å²) in [5.41, 5.74) is 2.05. The molecule has 4 nitrogen and oxygen atoms in total. The molecule has 0 radical (unpaired) electrons. The number of halogens is 1. The normalized spacial score (nSPS) is 10.6. The van der Waals surface area contributed by atoms with Gasteiger partial charge in [-0.2, -0.15) is 0 Å². The van der Waals surface area contributed by atoms with Crippen LogP contribution in [-0.2, 0) is 0 Å². The van der Waals surface area contributed by atoms with E-state index in [1.54, 1.807) is 18.3 Å². The maximum Gasteiger partial charge on any atom is 0.257 e. The second-order valence-corrected chi connectivity index (χ2v) is 5.21. The smallest absolute Gasteiger partial charge is 0.257 e. The minimum Gasteiger partial charge on any atom is -0.492 e. The van der Waals surface area contributed by atoms with E-state index in [1.807, 2.05) is 37.3 Å². The quantitative estimate of drug-likeness (QED) is 0.746. The zero-order chi connectivity index (χ0) is 15.5. The molecule has 0 aliphatic rings. The van der Waals surface area contributed by atoms with Gasteiger partial charge >= 0.3 is 0 Å². The number of anilines is 1. The molecule has 0 aliphatic heterocycles. The highest BCUT2D eigenvalue weighted by atomic mass is 35.5. The van der Waals surface area contributed by atoms with Gasteiger partial charge in [0.25, 0.3) is 5.91 Å². The third-order valence-electron chi connectivity index (χ3n) is 3.32. The largest absolute Gasteiger partial charge is 0.492 e. The number of carbonyl (C=O) groups excluding carboxylic acids is 1. The summed E-state index contributed by atoms with van der Waals surface area (Å²) >= 11 is 5.96. The molecule has 3 aromatic rings. The number of hydrogen-bond donors (Lipinski definition) is 2. The van der Waals surface area contributed by atoms with E-state index in [0.717, 1.165) is 10.9 Å². The molecule has 0 atom stereocenters. The summed E-state index contributed by atoms with van der Waals surface area (Å²) < 4.78 is 5.52. The Balaban J connectivity index is 1.91. The number of rotatable bonds is 4. The third-order valence-corrected chi connectivity index (χ3v) is 3.56. The van der Waals surface area contributed by atoms with Crippen LogP contribution in [0.5, 0.6) is 5.75 Å². The number of benzene rings is 2.